The normalized spacial score (nSPS) is 24.3. The van der Waals surface area contributed by atoms with E-state index in [1.54, 1.807) is 5.57 Å². The largest absolute Gasteiger partial charge is 0.128 e. The Kier molecular flexibility index (Phi) is 7.30. The third-order valence-electron chi connectivity index (χ3n) is 3.51. The Morgan fingerprint density at radius 3 is 2.74 bits per heavy atom. The molecule has 0 N–H and O–H groups in total. The first-order chi connectivity index (χ1) is 9.02. The Bertz CT molecular complexity index is 396. The van der Waals surface area contributed by atoms with Crippen LogP contribution in [0.3, 0.4) is 0 Å². The minimum absolute atomic E-state index is 0.689. The van der Waals surface area contributed by atoms with E-state index in [0.717, 1.165) is 12.8 Å². The molecule has 0 saturated carbocycles. The number of hydrogen-bond donors (Lipinski definition) is 0. The lowest BCUT2D eigenvalue weighted by atomic mass is 9.95. The highest BCUT2D eigenvalue weighted by Gasteiger charge is 2.13. The summed E-state index contributed by atoms with van der Waals surface area (Å²) in [6.45, 7) is 12.9. The minimum atomic E-state index is 0.689. The fourth-order valence-corrected chi connectivity index (χ4v) is 3.62. The van der Waals surface area contributed by atoms with E-state index in [-0.39, 0.29) is 0 Å². The standard InChI is InChI=1S/C18H28S/c1-6-8-18(19-14(2)3)13-17-12-11-15(4)9-7-10-16(17)5/h7,10-11,18H,2,6,8-9,12-13H2,1,3-5H3/b10-7?,15-11-,17-16+. The highest BCUT2D eigenvalue weighted by molar-refractivity contribution is 8.03. The Hall–Kier alpha value is -0.690. The zero-order valence-electron chi connectivity index (χ0n) is 13.0. The van der Waals surface area contributed by atoms with Gasteiger partial charge in [-0.15, -0.1) is 11.8 Å². The summed E-state index contributed by atoms with van der Waals surface area (Å²) >= 11 is 1.96. The van der Waals surface area contributed by atoms with Gasteiger partial charge in [0.15, 0.2) is 0 Å². The van der Waals surface area contributed by atoms with Gasteiger partial charge in [0.1, 0.15) is 0 Å². The predicted molar refractivity (Wildman–Crippen MR) is 90.5 cm³/mol. The van der Waals surface area contributed by atoms with Gasteiger partial charge in [-0.2, -0.15) is 0 Å². The van der Waals surface area contributed by atoms with Gasteiger partial charge in [0.05, 0.1) is 0 Å². The second kappa shape index (κ2) is 8.47. The molecular weight excluding hydrogens is 248 g/mol. The zero-order chi connectivity index (χ0) is 14.3. The Morgan fingerprint density at radius 2 is 2.11 bits per heavy atom. The van der Waals surface area contributed by atoms with E-state index < -0.39 is 0 Å². The van der Waals surface area contributed by atoms with Crippen LogP contribution >= 0.6 is 11.8 Å². The molecule has 0 heterocycles. The molecule has 0 aromatic carbocycles. The van der Waals surface area contributed by atoms with Crippen molar-refractivity contribution < 1.29 is 0 Å². The molecule has 0 nitrogen and oxygen atoms in total. The minimum Gasteiger partial charge on any atom is -0.128 e. The molecule has 1 atom stereocenters. The molecule has 0 spiro atoms. The van der Waals surface area contributed by atoms with Gasteiger partial charge in [0.25, 0.3) is 0 Å². The molecular formula is C18H28S. The van der Waals surface area contributed by atoms with Crippen molar-refractivity contribution in [2.45, 2.75) is 65.0 Å². The third-order valence-corrected chi connectivity index (χ3v) is 4.65. The number of thioether (sulfide) groups is 1. The lowest BCUT2D eigenvalue weighted by molar-refractivity contribution is 0.721. The summed E-state index contributed by atoms with van der Waals surface area (Å²) in [5.74, 6) is 0. The van der Waals surface area contributed by atoms with Gasteiger partial charge in [-0.05, 0) is 51.4 Å². The summed E-state index contributed by atoms with van der Waals surface area (Å²) in [6, 6.07) is 0. The van der Waals surface area contributed by atoms with E-state index in [1.807, 2.05) is 11.8 Å². The van der Waals surface area contributed by atoms with Crippen LogP contribution in [-0.2, 0) is 0 Å². The van der Waals surface area contributed by atoms with Gasteiger partial charge in [0, 0.05) is 5.25 Å². The molecule has 0 saturated heterocycles. The van der Waals surface area contributed by atoms with E-state index in [4.69, 9.17) is 0 Å². The maximum Gasteiger partial charge on any atom is 0.0128 e. The van der Waals surface area contributed by atoms with Crippen molar-refractivity contribution in [2.24, 2.45) is 0 Å². The lowest BCUT2D eigenvalue weighted by Gasteiger charge is -2.19. The third kappa shape index (κ3) is 6.33. The predicted octanol–water partition coefficient (Wildman–Crippen LogP) is 6.42. The first-order valence-corrected chi connectivity index (χ1v) is 8.23. The van der Waals surface area contributed by atoms with Gasteiger partial charge in [-0.3, -0.25) is 0 Å². The molecule has 0 bridgehead atoms. The van der Waals surface area contributed by atoms with Crippen molar-refractivity contribution in [2.75, 3.05) is 0 Å². The van der Waals surface area contributed by atoms with Crippen molar-refractivity contribution >= 4 is 11.8 Å². The van der Waals surface area contributed by atoms with E-state index in [2.05, 4.69) is 52.5 Å². The second-order valence-electron chi connectivity index (χ2n) is 5.58. The lowest BCUT2D eigenvalue weighted by Crippen LogP contribution is -2.05. The van der Waals surface area contributed by atoms with Gasteiger partial charge >= 0.3 is 0 Å². The molecule has 106 valence electrons. The fourth-order valence-electron chi connectivity index (χ4n) is 2.41. The summed E-state index contributed by atoms with van der Waals surface area (Å²) in [5.41, 5.74) is 4.55. The van der Waals surface area contributed by atoms with Crippen LogP contribution in [0.4, 0.5) is 0 Å². The van der Waals surface area contributed by atoms with Crippen molar-refractivity contribution in [1.29, 1.82) is 0 Å². The van der Waals surface area contributed by atoms with Crippen LogP contribution in [0, 0.1) is 0 Å². The number of hydrogen-bond acceptors (Lipinski definition) is 1. The highest BCUT2D eigenvalue weighted by atomic mass is 32.2. The van der Waals surface area contributed by atoms with Gasteiger partial charge in [-0.25, -0.2) is 0 Å². The first kappa shape index (κ1) is 16.4. The first-order valence-electron chi connectivity index (χ1n) is 7.35. The summed E-state index contributed by atoms with van der Waals surface area (Å²) in [4.78, 5) is 1.24. The average molecular weight is 276 g/mol. The van der Waals surface area contributed by atoms with Crippen molar-refractivity contribution in [3.05, 3.63) is 46.4 Å². The molecule has 0 aliphatic heterocycles. The molecule has 1 aliphatic carbocycles. The molecule has 0 radical (unpaired) electrons. The van der Waals surface area contributed by atoms with Gasteiger partial charge in [0.2, 0.25) is 0 Å². The van der Waals surface area contributed by atoms with Crippen LogP contribution in [0.15, 0.2) is 46.4 Å². The highest BCUT2D eigenvalue weighted by Crippen LogP contribution is 2.31. The van der Waals surface area contributed by atoms with E-state index in [9.17, 15) is 0 Å². The Balaban J connectivity index is 2.79. The maximum absolute atomic E-state index is 4.06. The van der Waals surface area contributed by atoms with E-state index in [1.165, 1.54) is 35.3 Å². The Labute approximate surface area is 123 Å². The average Bonchev–Trinajstić information content (AvgIpc) is 2.32. The van der Waals surface area contributed by atoms with Crippen LogP contribution in [0.5, 0.6) is 0 Å². The zero-order valence-corrected chi connectivity index (χ0v) is 13.8. The monoisotopic (exact) mass is 276 g/mol. The summed E-state index contributed by atoms with van der Waals surface area (Å²) in [6.07, 6.45) is 13.0. The van der Waals surface area contributed by atoms with Crippen LogP contribution in [0.1, 0.15) is 59.8 Å². The maximum atomic E-state index is 4.06. The number of rotatable bonds is 6. The van der Waals surface area contributed by atoms with Crippen molar-refractivity contribution in [1.82, 2.24) is 0 Å². The molecule has 1 rings (SSSR count). The van der Waals surface area contributed by atoms with Crippen molar-refractivity contribution in [3.63, 3.8) is 0 Å². The summed E-state index contributed by atoms with van der Waals surface area (Å²) < 4.78 is 0. The summed E-state index contributed by atoms with van der Waals surface area (Å²) in [5, 5.41) is 0.689. The fraction of sp³-hybridized carbons (Fsp3) is 0.556. The number of allylic oxidation sites excluding steroid dienone is 7. The van der Waals surface area contributed by atoms with Crippen LogP contribution in [0.25, 0.3) is 0 Å². The molecule has 0 fully saturated rings. The molecule has 1 unspecified atom stereocenters. The van der Waals surface area contributed by atoms with E-state index in [0.29, 0.717) is 5.25 Å². The van der Waals surface area contributed by atoms with Gasteiger partial charge in [-0.1, -0.05) is 54.9 Å². The van der Waals surface area contributed by atoms with Crippen LogP contribution < -0.4 is 0 Å². The quantitative estimate of drug-likeness (QED) is 0.504. The molecule has 0 amide bonds. The molecule has 1 aliphatic rings. The topological polar surface area (TPSA) is 0 Å². The van der Waals surface area contributed by atoms with E-state index >= 15 is 0 Å². The van der Waals surface area contributed by atoms with Gasteiger partial charge < -0.3 is 0 Å². The smallest absolute Gasteiger partial charge is 0.0128 e. The molecule has 0 aromatic heterocycles. The summed E-state index contributed by atoms with van der Waals surface area (Å²) in [7, 11) is 0. The second-order valence-corrected chi connectivity index (χ2v) is 7.18. The molecule has 1 heteroatoms. The molecule has 19 heavy (non-hydrogen) atoms. The molecule has 0 aromatic rings. The van der Waals surface area contributed by atoms with Crippen LogP contribution in [0.2, 0.25) is 0 Å². The SMILES string of the molecule is C=C(C)SC(CCC)C/C1=C(\C)C=CC/C(C)=C\C1. The Morgan fingerprint density at radius 1 is 1.37 bits per heavy atom. The van der Waals surface area contributed by atoms with Crippen molar-refractivity contribution in [3.8, 4) is 0 Å². The van der Waals surface area contributed by atoms with Crippen LogP contribution in [-0.4, -0.2) is 5.25 Å².